The highest BCUT2D eigenvalue weighted by Gasteiger charge is 2.41. The van der Waals surface area contributed by atoms with E-state index in [1.807, 2.05) is 13.0 Å². The van der Waals surface area contributed by atoms with Crippen LogP contribution in [0.4, 0.5) is 0 Å². The minimum Gasteiger partial charge on any atom is -0.361 e. The number of carbonyl (C=O) groups is 1. The van der Waals surface area contributed by atoms with Crippen molar-refractivity contribution in [2.75, 3.05) is 0 Å². The Balaban J connectivity index is 2.22. The minimum atomic E-state index is -0.431. The summed E-state index contributed by atoms with van der Waals surface area (Å²) in [6.45, 7) is 6.03. The molecule has 3 nitrogen and oxygen atoms in total. The molecule has 0 spiro atoms. The van der Waals surface area contributed by atoms with Crippen molar-refractivity contribution in [1.82, 2.24) is 5.32 Å². The number of dihydropyridines is 1. The zero-order valence-corrected chi connectivity index (χ0v) is 15.3. The molecule has 124 valence electrons. The highest BCUT2D eigenvalue weighted by Crippen LogP contribution is 2.47. The van der Waals surface area contributed by atoms with Gasteiger partial charge in [0.15, 0.2) is 5.78 Å². The van der Waals surface area contributed by atoms with Crippen LogP contribution in [-0.4, -0.2) is 5.78 Å². The van der Waals surface area contributed by atoms with E-state index in [-0.39, 0.29) is 11.2 Å². The van der Waals surface area contributed by atoms with Crippen molar-refractivity contribution in [2.24, 2.45) is 5.41 Å². The summed E-state index contributed by atoms with van der Waals surface area (Å²) in [7, 11) is 0. The third kappa shape index (κ3) is 2.85. The molecule has 0 bridgehead atoms. The van der Waals surface area contributed by atoms with Gasteiger partial charge in [-0.3, -0.25) is 4.79 Å². The molecule has 0 aromatic heterocycles. The van der Waals surface area contributed by atoms with Crippen molar-refractivity contribution in [1.29, 1.82) is 5.26 Å². The Morgan fingerprint density at radius 1 is 1.29 bits per heavy atom. The lowest BCUT2D eigenvalue weighted by Gasteiger charge is -2.38. The van der Waals surface area contributed by atoms with Crippen LogP contribution in [0.2, 0.25) is 10.0 Å². The molecule has 0 saturated heterocycles. The van der Waals surface area contributed by atoms with Gasteiger partial charge in [0.2, 0.25) is 0 Å². The van der Waals surface area contributed by atoms with Crippen LogP contribution in [0, 0.1) is 16.7 Å². The van der Waals surface area contributed by atoms with E-state index < -0.39 is 5.92 Å². The number of ketones is 1. The Bertz CT molecular complexity index is 843. The van der Waals surface area contributed by atoms with Gasteiger partial charge in [-0.25, -0.2) is 0 Å². The maximum atomic E-state index is 12.9. The Labute approximate surface area is 151 Å². The normalized spacial score (nSPS) is 22.8. The van der Waals surface area contributed by atoms with Gasteiger partial charge in [0.25, 0.3) is 0 Å². The predicted octanol–water partition coefficient (Wildman–Crippen LogP) is 5.12. The van der Waals surface area contributed by atoms with Crippen LogP contribution < -0.4 is 5.32 Å². The maximum absolute atomic E-state index is 12.9. The van der Waals surface area contributed by atoms with Gasteiger partial charge in [-0.15, -0.1) is 0 Å². The smallest absolute Gasteiger partial charge is 0.162 e. The number of Topliss-reactive ketones (excluding diaryl/α,β-unsaturated/α-hetero) is 1. The summed E-state index contributed by atoms with van der Waals surface area (Å²) in [4.78, 5) is 12.9. The molecule has 1 aliphatic heterocycles. The molecule has 5 heteroatoms. The first kappa shape index (κ1) is 17.1. The molecule has 2 aliphatic rings. The third-order valence-electron chi connectivity index (χ3n) is 4.63. The van der Waals surface area contributed by atoms with Crippen molar-refractivity contribution in [3.05, 3.63) is 56.3 Å². The summed E-state index contributed by atoms with van der Waals surface area (Å²) >= 11 is 12.4. The molecule has 0 fully saturated rings. The van der Waals surface area contributed by atoms with Gasteiger partial charge in [-0.2, -0.15) is 5.26 Å². The standard InChI is InChI=1S/C19H18Cl2N2O/c1-10-13(9-22)17(12-5-4-11(20)6-14(12)21)18-15(23-10)7-19(2,3)8-16(18)24/h4-6,17,23H,7-8H2,1-3H3/t17-/m0/s1. The molecule has 1 heterocycles. The number of hydrogen-bond donors (Lipinski definition) is 1. The number of benzene rings is 1. The van der Waals surface area contributed by atoms with E-state index in [2.05, 4.69) is 25.2 Å². The molecule has 0 radical (unpaired) electrons. The largest absolute Gasteiger partial charge is 0.361 e. The third-order valence-corrected chi connectivity index (χ3v) is 5.20. The quantitative estimate of drug-likeness (QED) is 0.755. The fourth-order valence-electron chi connectivity index (χ4n) is 3.63. The predicted molar refractivity (Wildman–Crippen MR) is 95.7 cm³/mol. The summed E-state index contributed by atoms with van der Waals surface area (Å²) in [5.74, 6) is -0.357. The van der Waals surface area contributed by atoms with Crippen molar-refractivity contribution in [2.45, 2.75) is 39.5 Å². The molecular weight excluding hydrogens is 343 g/mol. The lowest BCUT2D eigenvalue weighted by atomic mass is 9.69. The molecule has 0 saturated carbocycles. The van der Waals surface area contributed by atoms with Crippen molar-refractivity contribution >= 4 is 29.0 Å². The Morgan fingerprint density at radius 2 is 2.00 bits per heavy atom. The van der Waals surface area contributed by atoms with E-state index >= 15 is 0 Å². The monoisotopic (exact) mass is 360 g/mol. The second kappa shape index (κ2) is 5.95. The number of nitriles is 1. The number of carbonyl (C=O) groups excluding carboxylic acids is 1. The minimum absolute atomic E-state index is 0.0741. The van der Waals surface area contributed by atoms with E-state index in [0.29, 0.717) is 27.6 Å². The summed E-state index contributed by atoms with van der Waals surface area (Å²) in [6.07, 6.45) is 1.23. The zero-order valence-electron chi connectivity index (χ0n) is 13.8. The summed E-state index contributed by atoms with van der Waals surface area (Å²) < 4.78 is 0. The zero-order chi connectivity index (χ0) is 17.6. The first-order chi connectivity index (χ1) is 11.2. The van der Waals surface area contributed by atoms with Gasteiger partial charge in [0.05, 0.1) is 17.6 Å². The van der Waals surface area contributed by atoms with Gasteiger partial charge in [-0.1, -0.05) is 43.1 Å². The van der Waals surface area contributed by atoms with Gasteiger partial charge in [0, 0.05) is 33.4 Å². The molecule has 0 unspecified atom stereocenters. The van der Waals surface area contributed by atoms with Crippen LogP contribution in [-0.2, 0) is 4.79 Å². The second-order valence-electron chi connectivity index (χ2n) is 7.21. The number of allylic oxidation sites excluding steroid dienone is 4. The lowest BCUT2D eigenvalue weighted by Crippen LogP contribution is -2.36. The van der Waals surface area contributed by atoms with Crippen LogP contribution in [0.15, 0.2) is 40.7 Å². The molecule has 1 aromatic carbocycles. The first-order valence-electron chi connectivity index (χ1n) is 7.82. The first-order valence-corrected chi connectivity index (χ1v) is 8.58. The topological polar surface area (TPSA) is 52.9 Å². The van der Waals surface area contributed by atoms with Crippen molar-refractivity contribution in [3.63, 3.8) is 0 Å². The summed E-state index contributed by atoms with van der Waals surface area (Å²) in [5, 5.41) is 14.0. The molecule has 24 heavy (non-hydrogen) atoms. The van der Waals surface area contributed by atoms with Gasteiger partial charge >= 0.3 is 0 Å². The number of halogens is 2. The maximum Gasteiger partial charge on any atom is 0.162 e. The fraction of sp³-hybridized carbons (Fsp3) is 0.368. The molecule has 3 rings (SSSR count). The average molecular weight is 361 g/mol. The molecule has 0 amide bonds. The lowest BCUT2D eigenvalue weighted by molar-refractivity contribution is -0.118. The summed E-state index contributed by atoms with van der Waals surface area (Å²) in [5.41, 5.74) is 3.54. The van der Waals surface area contributed by atoms with E-state index in [0.717, 1.165) is 23.4 Å². The SMILES string of the molecule is CC1=C(C#N)[C@H](c2ccc(Cl)cc2Cl)C2=C(CC(C)(C)CC2=O)N1. The van der Waals surface area contributed by atoms with E-state index in [1.54, 1.807) is 12.1 Å². The molecule has 1 atom stereocenters. The van der Waals surface area contributed by atoms with E-state index in [9.17, 15) is 10.1 Å². The molecular formula is C19H18Cl2N2O. The average Bonchev–Trinajstić information content (AvgIpc) is 2.44. The van der Waals surface area contributed by atoms with Crippen LogP contribution in [0.3, 0.4) is 0 Å². The van der Waals surface area contributed by atoms with Crippen LogP contribution in [0.1, 0.15) is 45.1 Å². The van der Waals surface area contributed by atoms with E-state index in [1.165, 1.54) is 0 Å². The number of rotatable bonds is 1. The van der Waals surface area contributed by atoms with Crippen LogP contribution >= 0.6 is 23.2 Å². The summed E-state index contributed by atoms with van der Waals surface area (Å²) in [6, 6.07) is 7.46. The number of nitrogens with one attached hydrogen (secondary N) is 1. The second-order valence-corrected chi connectivity index (χ2v) is 8.05. The van der Waals surface area contributed by atoms with Gasteiger partial charge < -0.3 is 5.32 Å². The molecule has 1 aromatic rings. The number of hydrogen-bond acceptors (Lipinski definition) is 3. The Morgan fingerprint density at radius 3 is 2.62 bits per heavy atom. The van der Waals surface area contributed by atoms with Crippen LogP contribution in [0.5, 0.6) is 0 Å². The van der Waals surface area contributed by atoms with Crippen molar-refractivity contribution < 1.29 is 4.79 Å². The number of nitrogens with zero attached hydrogens (tertiary/aromatic N) is 1. The Kier molecular flexibility index (Phi) is 4.23. The van der Waals surface area contributed by atoms with Crippen molar-refractivity contribution in [3.8, 4) is 6.07 Å². The van der Waals surface area contributed by atoms with Gasteiger partial charge in [-0.05, 0) is 36.5 Å². The Hall–Kier alpha value is -1.76. The highest BCUT2D eigenvalue weighted by molar-refractivity contribution is 6.35. The molecule has 1 N–H and O–H groups in total. The fourth-order valence-corrected chi connectivity index (χ4v) is 4.15. The molecule has 1 aliphatic carbocycles. The van der Waals surface area contributed by atoms with Crippen LogP contribution in [0.25, 0.3) is 0 Å². The highest BCUT2D eigenvalue weighted by atomic mass is 35.5. The van der Waals surface area contributed by atoms with E-state index in [4.69, 9.17) is 23.2 Å². The van der Waals surface area contributed by atoms with Gasteiger partial charge in [0.1, 0.15) is 0 Å².